The molecular formula is C15H20N4OS2. The van der Waals surface area contributed by atoms with Crippen molar-refractivity contribution in [2.24, 2.45) is 5.92 Å². The topological polar surface area (TPSA) is 66.9 Å². The second kappa shape index (κ2) is 8.14. The van der Waals surface area contributed by atoms with Gasteiger partial charge in [-0.25, -0.2) is 0 Å². The molecule has 0 aliphatic rings. The predicted octanol–water partition coefficient (Wildman–Crippen LogP) is 3.53. The first-order valence-corrected chi connectivity index (χ1v) is 8.84. The molecule has 1 atom stereocenters. The molecule has 1 amide bonds. The monoisotopic (exact) mass is 336 g/mol. The van der Waals surface area contributed by atoms with Crippen molar-refractivity contribution in [2.75, 3.05) is 11.9 Å². The number of aromatic nitrogens is 2. The molecule has 0 unspecified atom stereocenters. The number of rotatable bonds is 7. The van der Waals surface area contributed by atoms with E-state index < -0.39 is 0 Å². The van der Waals surface area contributed by atoms with E-state index in [9.17, 15) is 4.79 Å². The standard InChI is InChI=1S/C15H20N4OS2/c1-10(2)9-16-13(20)11(3)21-15-19-18-14(22-15)17-12-7-5-4-6-8-12/h4-8,10-11H,9H2,1-3H3,(H,16,20)(H,17,18)/t11-/m0/s1. The summed E-state index contributed by atoms with van der Waals surface area (Å²) in [7, 11) is 0. The van der Waals surface area contributed by atoms with Crippen LogP contribution < -0.4 is 10.6 Å². The Balaban J connectivity index is 1.87. The Hall–Kier alpha value is -1.60. The Bertz CT molecular complexity index is 601. The molecular weight excluding hydrogens is 316 g/mol. The van der Waals surface area contributed by atoms with E-state index in [0.717, 1.165) is 15.2 Å². The SMILES string of the molecule is CC(C)CNC(=O)[C@H](C)Sc1nnc(Nc2ccccc2)s1. The summed E-state index contributed by atoms with van der Waals surface area (Å²) in [4.78, 5) is 12.0. The van der Waals surface area contributed by atoms with E-state index in [2.05, 4.69) is 34.7 Å². The van der Waals surface area contributed by atoms with Crippen LogP contribution in [0.25, 0.3) is 0 Å². The highest BCUT2D eigenvalue weighted by Crippen LogP contribution is 2.30. The van der Waals surface area contributed by atoms with Gasteiger partial charge in [-0.2, -0.15) is 0 Å². The summed E-state index contributed by atoms with van der Waals surface area (Å²) in [6.07, 6.45) is 0. The van der Waals surface area contributed by atoms with E-state index in [4.69, 9.17) is 0 Å². The Morgan fingerprint density at radius 1 is 1.23 bits per heavy atom. The van der Waals surface area contributed by atoms with Crippen molar-refractivity contribution in [2.45, 2.75) is 30.4 Å². The lowest BCUT2D eigenvalue weighted by molar-refractivity contribution is -0.120. The van der Waals surface area contributed by atoms with Gasteiger partial charge in [0.25, 0.3) is 0 Å². The fourth-order valence-corrected chi connectivity index (χ4v) is 3.55. The Kier molecular flexibility index (Phi) is 6.21. The van der Waals surface area contributed by atoms with Crippen LogP contribution in [0.15, 0.2) is 34.7 Å². The van der Waals surface area contributed by atoms with Crippen LogP contribution in [0.4, 0.5) is 10.8 Å². The summed E-state index contributed by atoms with van der Waals surface area (Å²) in [5.74, 6) is 0.482. The lowest BCUT2D eigenvalue weighted by atomic mass is 10.2. The summed E-state index contributed by atoms with van der Waals surface area (Å²) in [6, 6.07) is 9.82. The summed E-state index contributed by atoms with van der Waals surface area (Å²) >= 11 is 2.88. The fourth-order valence-electron chi connectivity index (χ4n) is 1.61. The number of benzene rings is 1. The summed E-state index contributed by atoms with van der Waals surface area (Å²) in [5.41, 5.74) is 0.970. The van der Waals surface area contributed by atoms with Gasteiger partial charge >= 0.3 is 0 Å². The van der Waals surface area contributed by atoms with Gasteiger partial charge in [0.05, 0.1) is 5.25 Å². The maximum absolute atomic E-state index is 12.0. The number of anilines is 2. The quantitative estimate of drug-likeness (QED) is 0.757. The third-order valence-corrected chi connectivity index (χ3v) is 4.79. The Morgan fingerprint density at radius 3 is 2.64 bits per heavy atom. The van der Waals surface area contributed by atoms with Crippen LogP contribution in [0.1, 0.15) is 20.8 Å². The minimum absolute atomic E-state index is 0.0338. The van der Waals surface area contributed by atoms with Gasteiger partial charge in [-0.1, -0.05) is 55.1 Å². The van der Waals surface area contributed by atoms with Gasteiger partial charge in [-0.3, -0.25) is 4.79 Å². The van der Waals surface area contributed by atoms with E-state index in [1.54, 1.807) is 0 Å². The molecule has 1 aromatic heterocycles. The van der Waals surface area contributed by atoms with Gasteiger partial charge in [0, 0.05) is 12.2 Å². The molecule has 0 aliphatic carbocycles. The van der Waals surface area contributed by atoms with Gasteiger partial charge in [0.15, 0.2) is 4.34 Å². The zero-order valence-electron chi connectivity index (χ0n) is 12.9. The van der Waals surface area contributed by atoms with Crippen molar-refractivity contribution in [1.29, 1.82) is 0 Å². The summed E-state index contributed by atoms with van der Waals surface area (Å²) < 4.78 is 0.783. The number of amides is 1. The zero-order valence-corrected chi connectivity index (χ0v) is 14.5. The normalized spacial score (nSPS) is 12.2. The molecule has 1 aromatic carbocycles. The van der Waals surface area contributed by atoms with Gasteiger partial charge in [0.2, 0.25) is 11.0 Å². The van der Waals surface area contributed by atoms with Gasteiger partial charge < -0.3 is 10.6 Å². The third-order valence-electron chi connectivity index (χ3n) is 2.76. The molecule has 0 aliphatic heterocycles. The predicted molar refractivity (Wildman–Crippen MR) is 92.8 cm³/mol. The Labute approximate surface area is 138 Å². The van der Waals surface area contributed by atoms with Gasteiger partial charge in [-0.15, -0.1) is 10.2 Å². The van der Waals surface area contributed by atoms with Crippen molar-refractivity contribution in [3.8, 4) is 0 Å². The summed E-state index contributed by atoms with van der Waals surface area (Å²) in [6.45, 7) is 6.72. The highest BCUT2D eigenvalue weighted by atomic mass is 32.2. The van der Waals surface area contributed by atoms with E-state index in [0.29, 0.717) is 12.5 Å². The van der Waals surface area contributed by atoms with Crippen LogP contribution in [0.3, 0.4) is 0 Å². The summed E-state index contributed by atoms with van der Waals surface area (Å²) in [5, 5.41) is 14.9. The number of nitrogens with zero attached hydrogens (tertiary/aromatic N) is 2. The average molecular weight is 336 g/mol. The third kappa shape index (κ3) is 5.31. The fraction of sp³-hybridized carbons (Fsp3) is 0.400. The van der Waals surface area contributed by atoms with Crippen molar-refractivity contribution in [3.63, 3.8) is 0 Å². The lowest BCUT2D eigenvalue weighted by Crippen LogP contribution is -2.33. The largest absolute Gasteiger partial charge is 0.355 e. The molecule has 1 heterocycles. The Morgan fingerprint density at radius 2 is 1.95 bits per heavy atom. The molecule has 0 fully saturated rings. The van der Waals surface area contributed by atoms with Crippen LogP contribution in [-0.2, 0) is 4.79 Å². The first-order chi connectivity index (χ1) is 10.5. The molecule has 2 rings (SSSR count). The van der Waals surface area contributed by atoms with Crippen LogP contribution in [0.5, 0.6) is 0 Å². The lowest BCUT2D eigenvalue weighted by Gasteiger charge is -2.11. The number of carbonyl (C=O) groups excluding carboxylic acids is 1. The number of nitrogens with one attached hydrogen (secondary N) is 2. The molecule has 0 bridgehead atoms. The smallest absolute Gasteiger partial charge is 0.233 e. The second-order valence-corrected chi connectivity index (χ2v) is 7.83. The minimum atomic E-state index is -0.184. The van der Waals surface area contributed by atoms with Gasteiger partial charge in [-0.05, 0) is 25.0 Å². The van der Waals surface area contributed by atoms with Crippen molar-refractivity contribution < 1.29 is 4.79 Å². The molecule has 5 nitrogen and oxygen atoms in total. The number of hydrogen-bond acceptors (Lipinski definition) is 6. The van der Waals surface area contributed by atoms with Crippen molar-refractivity contribution in [1.82, 2.24) is 15.5 Å². The molecule has 0 radical (unpaired) electrons. The maximum Gasteiger partial charge on any atom is 0.233 e. The van der Waals surface area contributed by atoms with Crippen molar-refractivity contribution in [3.05, 3.63) is 30.3 Å². The average Bonchev–Trinajstić information content (AvgIpc) is 2.92. The molecule has 118 valence electrons. The van der Waals surface area contributed by atoms with E-state index >= 15 is 0 Å². The first-order valence-electron chi connectivity index (χ1n) is 7.14. The number of para-hydroxylation sites is 1. The molecule has 7 heteroatoms. The van der Waals surface area contributed by atoms with E-state index in [1.807, 2.05) is 37.3 Å². The van der Waals surface area contributed by atoms with Gasteiger partial charge in [0.1, 0.15) is 0 Å². The highest BCUT2D eigenvalue weighted by Gasteiger charge is 2.17. The zero-order chi connectivity index (χ0) is 15.9. The molecule has 22 heavy (non-hydrogen) atoms. The van der Waals surface area contributed by atoms with Crippen LogP contribution >= 0.6 is 23.1 Å². The molecule has 0 saturated heterocycles. The minimum Gasteiger partial charge on any atom is -0.355 e. The molecule has 0 saturated carbocycles. The molecule has 2 aromatic rings. The second-order valence-electron chi connectivity index (χ2n) is 5.26. The first kappa shape index (κ1) is 16.8. The molecule has 0 spiro atoms. The van der Waals surface area contributed by atoms with E-state index in [-0.39, 0.29) is 11.2 Å². The van der Waals surface area contributed by atoms with Crippen molar-refractivity contribution >= 4 is 39.8 Å². The van der Waals surface area contributed by atoms with E-state index in [1.165, 1.54) is 23.1 Å². The number of hydrogen-bond donors (Lipinski definition) is 2. The van der Waals surface area contributed by atoms with Crippen LogP contribution in [-0.4, -0.2) is 27.9 Å². The number of carbonyl (C=O) groups is 1. The maximum atomic E-state index is 12.0. The highest BCUT2D eigenvalue weighted by molar-refractivity contribution is 8.02. The van der Waals surface area contributed by atoms with Crippen LogP contribution in [0, 0.1) is 5.92 Å². The number of thioether (sulfide) groups is 1. The van der Waals surface area contributed by atoms with Crippen LogP contribution in [0.2, 0.25) is 0 Å². The molecule has 2 N–H and O–H groups in total.